The summed E-state index contributed by atoms with van der Waals surface area (Å²) in [6.45, 7) is 6.23. The molecule has 1 aliphatic heterocycles. The molecular weight excluding hydrogens is 276 g/mol. The second kappa shape index (κ2) is 3.74. The van der Waals surface area contributed by atoms with E-state index >= 15 is 0 Å². The quantitative estimate of drug-likeness (QED) is 0.570. The Balaban J connectivity index is 2.21. The van der Waals surface area contributed by atoms with E-state index in [9.17, 15) is 0 Å². The van der Waals surface area contributed by atoms with E-state index in [0.29, 0.717) is 0 Å². The lowest BCUT2D eigenvalue weighted by atomic mass is 9.95. The van der Waals surface area contributed by atoms with E-state index in [2.05, 4.69) is 41.6 Å². The first-order chi connectivity index (χ1) is 8.15. The fourth-order valence-corrected chi connectivity index (χ4v) is 2.41. The second-order valence-corrected chi connectivity index (χ2v) is 5.14. The summed E-state index contributed by atoms with van der Waals surface area (Å²) >= 11 is 3.47. The first kappa shape index (κ1) is 10.6. The molecule has 0 saturated carbocycles. The Hall–Kier alpha value is -1.54. The largest absolute Gasteiger partial charge is 0.456 e. The van der Waals surface area contributed by atoms with Gasteiger partial charge in [-0.05, 0) is 42.3 Å². The Morgan fingerprint density at radius 3 is 2.65 bits per heavy atom. The summed E-state index contributed by atoms with van der Waals surface area (Å²) in [5.74, 6) is 1.76. The van der Waals surface area contributed by atoms with Crippen molar-refractivity contribution in [2.75, 3.05) is 0 Å². The maximum Gasteiger partial charge on any atom is 0.135 e. The van der Waals surface area contributed by atoms with E-state index in [0.717, 1.165) is 32.7 Å². The first-order valence-corrected chi connectivity index (χ1v) is 6.22. The normalized spacial score (nSPS) is 12.7. The molecule has 0 atom stereocenters. The SMILES string of the molecule is C=C1c2ccc(C)cc2Oc2ccc(Br)cc21. The van der Waals surface area contributed by atoms with Crippen molar-refractivity contribution >= 4 is 21.5 Å². The van der Waals surface area contributed by atoms with Crippen molar-refractivity contribution in [2.45, 2.75) is 6.92 Å². The molecule has 0 N–H and O–H groups in total. The Morgan fingerprint density at radius 1 is 1.00 bits per heavy atom. The van der Waals surface area contributed by atoms with Crippen molar-refractivity contribution in [3.63, 3.8) is 0 Å². The highest BCUT2D eigenvalue weighted by Gasteiger charge is 2.20. The van der Waals surface area contributed by atoms with Crippen molar-refractivity contribution in [3.8, 4) is 11.5 Å². The molecule has 1 heterocycles. The van der Waals surface area contributed by atoms with Crippen molar-refractivity contribution < 1.29 is 4.74 Å². The van der Waals surface area contributed by atoms with Crippen LogP contribution in [0.15, 0.2) is 47.4 Å². The molecule has 1 nitrogen and oxygen atoms in total. The van der Waals surface area contributed by atoms with Gasteiger partial charge in [-0.3, -0.25) is 0 Å². The predicted octanol–water partition coefficient (Wildman–Crippen LogP) is 4.92. The van der Waals surface area contributed by atoms with Gasteiger partial charge in [0.05, 0.1) is 0 Å². The molecule has 1 aliphatic rings. The van der Waals surface area contributed by atoms with Crippen LogP contribution >= 0.6 is 15.9 Å². The van der Waals surface area contributed by atoms with Crippen LogP contribution in [0, 0.1) is 6.92 Å². The summed E-state index contributed by atoms with van der Waals surface area (Å²) in [6, 6.07) is 12.2. The average molecular weight is 287 g/mol. The number of ether oxygens (including phenoxy) is 1. The van der Waals surface area contributed by atoms with Crippen LogP contribution in [0.4, 0.5) is 0 Å². The number of hydrogen-bond donors (Lipinski definition) is 0. The summed E-state index contributed by atoms with van der Waals surface area (Å²) in [5.41, 5.74) is 4.33. The van der Waals surface area contributed by atoms with Crippen molar-refractivity contribution in [3.05, 3.63) is 64.1 Å². The summed E-state index contributed by atoms with van der Waals surface area (Å²) in [7, 11) is 0. The summed E-state index contributed by atoms with van der Waals surface area (Å²) < 4.78 is 6.94. The minimum atomic E-state index is 0.872. The smallest absolute Gasteiger partial charge is 0.135 e. The van der Waals surface area contributed by atoms with E-state index in [-0.39, 0.29) is 0 Å². The zero-order chi connectivity index (χ0) is 12.0. The van der Waals surface area contributed by atoms with Gasteiger partial charge in [0.25, 0.3) is 0 Å². The standard InChI is InChI=1S/C15H11BrO/c1-9-3-5-12-10(2)13-8-11(16)4-6-14(13)17-15(12)7-9/h3-8H,2H2,1H3. The highest BCUT2D eigenvalue weighted by molar-refractivity contribution is 9.10. The van der Waals surface area contributed by atoms with Crippen molar-refractivity contribution in [1.29, 1.82) is 0 Å². The number of aryl methyl sites for hydroxylation is 1. The Kier molecular flexibility index (Phi) is 2.33. The molecule has 0 spiro atoms. The van der Waals surface area contributed by atoms with Gasteiger partial charge in [0.1, 0.15) is 11.5 Å². The summed E-state index contributed by atoms with van der Waals surface area (Å²) in [4.78, 5) is 0. The van der Waals surface area contributed by atoms with Crippen LogP contribution in [-0.2, 0) is 0 Å². The van der Waals surface area contributed by atoms with Gasteiger partial charge in [-0.2, -0.15) is 0 Å². The Bertz CT molecular complexity index is 629. The van der Waals surface area contributed by atoms with E-state index < -0.39 is 0 Å². The second-order valence-electron chi connectivity index (χ2n) is 4.22. The van der Waals surface area contributed by atoms with Gasteiger partial charge >= 0.3 is 0 Å². The predicted molar refractivity (Wildman–Crippen MR) is 73.5 cm³/mol. The molecule has 0 unspecified atom stereocenters. The van der Waals surface area contributed by atoms with Crippen molar-refractivity contribution in [1.82, 2.24) is 0 Å². The molecule has 2 heteroatoms. The van der Waals surface area contributed by atoms with Crippen LogP contribution in [0.25, 0.3) is 5.57 Å². The fourth-order valence-electron chi connectivity index (χ4n) is 2.05. The van der Waals surface area contributed by atoms with Crippen LogP contribution in [0.2, 0.25) is 0 Å². The van der Waals surface area contributed by atoms with Crippen molar-refractivity contribution in [2.24, 2.45) is 0 Å². The van der Waals surface area contributed by atoms with Crippen LogP contribution in [0.1, 0.15) is 16.7 Å². The number of rotatable bonds is 0. The summed E-state index contributed by atoms with van der Waals surface area (Å²) in [6.07, 6.45) is 0. The molecule has 0 fully saturated rings. The summed E-state index contributed by atoms with van der Waals surface area (Å²) in [5, 5.41) is 0. The number of benzene rings is 2. The molecule has 0 aromatic heterocycles. The maximum atomic E-state index is 5.90. The molecule has 3 rings (SSSR count). The van der Waals surface area contributed by atoms with Crippen LogP contribution in [0.3, 0.4) is 0 Å². The van der Waals surface area contributed by atoms with Gasteiger partial charge in [0, 0.05) is 15.6 Å². The number of fused-ring (bicyclic) bond motifs is 2. The molecule has 0 amide bonds. The fraction of sp³-hybridized carbons (Fsp3) is 0.0667. The van der Waals surface area contributed by atoms with E-state index in [1.807, 2.05) is 24.3 Å². The van der Waals surface area contributed by atoms with Gasteiger partial charge < -0.3 is 4.74 Å². The highest BCUT2D eigenvalue weighted by Crippen LogP contribution is 2.43. The molecule has 2 aromatic carbocycles. The van der Waals surface area contributed by atoms with E-state index in [4.69, 9.17) is 4.74 Å². The third-order valence-electron chi connectivity index (χ3n) is 2.95. The van der Waals surface area contributed by atoms with Gasteiger partial charge in [-0.1, -0.05) is 34.6 Å². The lowest BCUT2D eigenvalue weighted by Crippen LogP contribution is -2.01. The monoisotopic (exact) mass is 286 g/mol. The van der Waals surface area contributed by atoms with Gasteiger partial charge in [-0.15, -0.1) is 0 Å². The van der Waals surface area contributed by atoms with Crippen LogP contribution in [-0.4, -0.2) is 0 Å². The molecule has 0 bridgehead atoms. The third-order valence-corrected chi connectivity index (χ3v) is 3.44. The Morgan fingerprint density at radius 2 is 1.82 bits per heavy atom. The van der Waals surface area contributed by atoms with Gasteiger partial charge in [0.2, 0.25) is 0 Å². The third kappa shape index (κ3) is 1.69. The Labute approximate surface area is 109 Å². The van der Waals surface area contributed by atoms with Gasteiger partial charge in [0.15, 0.2) is 0 Å². The average Bonchev–Trinajstić information content (AvgIpc) is 2.30. The minimum Gasteiger partial charge on any atom is -0.456 e. The maximum absolute atomic E-state index is 5.90. The topological polar surface area (TPSA) is 9.23 Å². The molecular formula is C15H11BrO. The molecule has 2 aromatic rings. The first-order valence-electron chi connectivity index (χ1n) is 5.43. The zero-order valence-corrected chi connectivity index (χ0v) is 11.0. The molecule has 84 valence electrons. The van der Waals surface area contributed by atoms with E-state index in [1.165, 1.54) is 5.56 Å². The number of halogens is 1. The van der Waals surface area contributed by atoms with Crippen LogP contribution < -0.4 is 4.74 Å². The molecule has 0 aliphatic carbocycles. The van der Waals surface area contributed by atoms with Gasteiger partial charge in [-0.25, -0.2) is 0 Å². The zero-order valence-electron chi connectivity index (χ0n) is 9.46. The highest BCUT2D eigenvalue weighted by atomic mass is 79.9. The lowest BCUT2D eigenvalue weighted by molar-refractivity contribution is 0.473. The minimum absolute atomic E-state index is 0.872. The van der Waals surface area contributed by atoms with Crippen LogP contribution in [0.5, 0.6) is 11.5 Å². The van der Waals surface area contributed by atoms with E-state index in [1.54, 1.807) is 0 Å². The number of hydrogen-bond acceptors (Lipinski definition) is 1. The molecule has 0 radical (unpaired) electrons. The molecule has 17 heavy (non-hydrogen) atoms. The molecule has 0 saturated heterocycles. The lowest BCUT2D eigenvalue weighted by Gasteiger charge is -2.22.